The number of amides is 1. The number of thioether (sulfide) groups is 1. The van der Waals surface area contributed by atoms with Gasteiger partial charge in [0.15, 0.2) is 5.69 Å². The molecule has 1 amide bonds. The van der Waals surface area contributed by atoms with Crippen LogP contribution in [0.5, 0.6) is 0 Å². The van der Waals surface area contributed by atoms with Crippen LogP contribution in [0.1, 0.15) is 31.3 Å². The number of allylic oxidation sites excluding steroid dienone is 2. The lowest BCUT2D eigenvalue weighted by molar-refractivity contribution is 0.0591. The van der Waals surface area contributed by atoms with E-state index in [1.807, 2.05) is 0 Å². The lowest BCUT2D eigenvalue weighted by Crippen LogP contribution is -2.27. The van der Waals surface area contributed by atoms with Crippen LogP contribution in [0.15, 0.2) is 11.0 Å². The summed E-state index contributed by atoms with van der Waals surface area (Å²) in [5.41, 5.74) is -0.308. The molecule has 0 aliphatic heterocycles. The molecule has 11 heteroatoms. The number of hydrogen-bond donors (Lipinski definition) is 2. The van der Waals surface area contributed by atoms with Gasteiger partial charge >= 0.3 is 12.1 Å². The Labute approximate surface area is 152 Å². The number of carbonyl (C=O) groups is 4. The van der Waals surface area contributed by atoms with Crippen molar-refractivity contribution in [2.24, 2.45) is 0 Å². The molecule has 1 aromatic heterocycles. The quantitative estimate of drug-likeness (QED) is 0.487. The van der Waals surface area contributed by atoms with Gasteiger partial charge in [0, 0.05) is 18.4 Å². The molecule has 0 unspecified atom stereocenters. The Bertz CT molecular complexity index is 756. The maximum atomic E-state index is 12.5. The normalized spacial score (nSPS) is 13.1. The Morgan fingerprint density at radius 1 is 1.23 bits per heavy atom. The number of fused-ring (bicyclic) bond motifs is 1. The lowest BCUT2D eigenvalue weighted by Gasteiger charge is -2.11. The van der Waals surface area contributed by atoms with Crippen LogP contribution in [0, 0.1) is 0 Å². The maximum absolute atomic E-state index is 12.5. The topological polar surface area (TPSA) is 137 Å². The van der Waals surface area contributed by atoms with E-state index in [9.17, 15) is 19.2 Å². The average Bonchev–Trinajstić information content (AvgIpc) is 3.09. The van der Waals surface area contributed by atoms with Crippen molar-refractivity contribution in [1.29, 1.82) is 0 Å². The highest BCUT2D eigenvalue weighted by Crippen LogP contribution is 2.29. The van der Waals surface area contributed by atoms with Gasteiger partial charge in [0.1, 0.15) is 5.69 Å². The van der Waals surface area contributed by atoms with E-state index in [4.69, 9.17) is 4.74 Å². The third-order valence-electron chi connectivity index (χ3n) is 3.29. The molecule has 0 saturated carbocycles. The Morgan fingerprint density at radius 3 is 2.69 bits per heavy atom. The summed E-state index contributed by atoms with van der Waals surface area (Å²) in [7, 11) is 2.43. The number of esters is 1. The van der Waals surface area contributed by atoms with E-state index >= 15 is 0 Å². The largest absolute Gasteiger partial charge is 0.464 e. The van der Waals surface area contributed by atoms with Gasteiger partial charge in [0.05, 0.1) is 37.9 Å². The first-order valence-electron chi connectivity index (χ1n) is 7.49. The molecule has 0 aromatic carbocycles. The summed E-state index contributed by atoms with van der Waals surface area (Å²) in [6.07, 6.45) is 0.646. The summed E-state index contributed by atoms with van der Waals surface area (Å²) < 4.78 is 14.3. The predicted molar refractivity (Wildman–Crippen MR) is 90.4 cm³/mol. The minimum Gasteiger partial charge on any atom is -0.464 e. The molecule has 26 heavy (non-hydrogen) atoms. The van der Waals surface area contributed by atoms with Crippen LogP contribution in [0.3, 0.4) is 0 Å². The van der Waals surface area contributed by atoms with Gasteiger partial charge in [-0.05, 0) is 0 Å². The molecule has 0 fully saturated rings. The summed E-state index contributed by atoms with van der Waals surface area (Å²) in [6, 6.07) is 0. The highest BCUT2D eigenvalue weighted by atomic mass is 32.2. The number of methoxy groups -OCH3 is 2. The maximum Gasteiger partial charge on any atom is 0.406 e. The van der Waals surface area contributed by atoms with E-state index in [1.54, 1.807) is 0 Å². The SMILES string of the molecule is COC(=O)NCCOCCSC1=CC(=O)c2n[nH]c(C(=O)OC)c2C1=O. The second-order valence-electron chi connectivity index (χ2n) is 4.89. The molecule has 2 rings (SSSR count). The third kappa shape index (κ3) is 4.49. The molecule has 0 bridgehead atoms. The van der Waals surface area contributed by atoms with E-state index in [-0.39, 0.29) is 28.5 Å². The number of nitrogens with zero attached hydrogens (tertiary/aromatic N) is 1. The van der Waals surface area contributed by atoms with Crippen molar-refractivity contribution in [2.75, 3.05) is 39.7 Å². The molecule has 1 heterocycles. The molecular formula is C15H17N3O7S. The number of hydrogen-bond acceptors (Lipinski definition) is 9. The zero-order chi connectivity index (χ0) is 19.1. The van der Waals surface area contributed by atoms with E-state index in [1.165, 1.54) is 20.3 Å². The summed E-state index contributed by atoms with van der Waals surface area (Å²) in [4.78, 5) is 47.3. The third-order valence-corrected chi connectivity index (χ3v) is 4.27. The minimum atomic E-state index is -0.771. The zero-order valence-electron chi connectivity index (χ0n) is 14.1. The first-order valence-corrected chi connectivity index (χ1v) is 8.48. The van der Waals surface area contributed by atoms with Crippen molar-refractivity contribution in [3.8, 4) is 0 Å². The molecule has 1 aromatic rings. The number of rotatable bonds is 8. The van der Waals surface area contributed by atoms with Crippen molar-refractivity contribution in [3.63, 3.8) is 0 Å². The standard InChI is InChI=1S/C15H17N3O7S/c1-23-14(21)12-10-11(17-18-12)8(19)7-9(13(10)20)26-6-5-25-4-3-16-15(22)24-2/h7H,3-6H2,1-2H3,(H,16,22)(H,17,18). The van der Waals surface area contributed by atoms with Crippen molar-refractivity contribution >= 4 is 35.4 Å². The fourth-order valence-corrected chi connectivity index (χ4v) is 2.93. The Kier molecular flexibility index (Phi) is 6.92. The van der Waals surface area contributed by atoms with Crippen molar-refractivity contribution in [1.82, 2.24) is 15.5 Å². The van der Waals surface area contributed by atoms with Gasteiger partial charge in [-0.2, -0.15) is 5.10 Å². The van der Waals surface area contributed by atoms with Crippen LogP contribution in [0.25, 0.3) is 0 Å². The summed E-state index contributed by atoms with van der Waals surface area (Å²) in [5, 5.41) is 8.56. The van der Waals surface area contributed by atoms with Crippen LogP contribution in [0.2, 0.25) is 0 Å². The van der Waals surface area contributed by atoms with E-state index < -0.39 is 23.6 Å². The van der Waals surface area contributed by atoms with Gasteiger partial charge in [0.25, 0.3) is 0 Å². The number of nitrogens with one attached hydrogen (secondary N) is 2. The van der Waals surface area contributed by atoms with Crippen LogP contribution in [-0.2, 0) is 14.2 Å². The van der Waals surface area contributed by atoms with Gasteiger partial charge in [-0.1, -0.05) is 0 Å². The monoisotopic (exact) mass is 383 g/mol. The Balaban J connectivity index is 1.87. The summed E-state index contributed by atoms with van der Waals surface area (Å²) in [6.45, 7) is 0.868. The highest BCUT2D eigenvalue weighted by Gasteiger charge is 2.34. The molecule has 10 nitrogen and oxygen atoms in total. The number of aromatic amines is 1. The Morgan fingerprint density at radius 2 is 2.00 bits per heavy atom. The molecule has 140 valence electrons. The average molecular weight is 383 g/mol. The van der Waals surface area contributed by atoms with Gasteiger partial charge in [-0.3, -0.25) is 14.7 Å². The molecule has 0 atom stereocenters. The number of alkyl carbamates (subject to hydrolysis) is 1. The van der Waals surface area contributed by atoms with E-state index in [2.05, 4.69) is 25.0 Å². The van der Waals surface area contributed by atoms with E-state index in [0.717, 1.165) is 11.8 Å². The van der Waals surface area contributed by atoms with Crippen LogP contribution in [0.4, 0.5) is 4.79 Å². The molecule has 0 saturated heterocycles. The zero-order valence-corrected chi connectivity index (χ0v) is 14.9. The first-order chi connectivity index (χ1) is 12.5. The molecular weight excluding hydrogens is 366 g/mol. The van der Waals surface area contributed by atoms with Gasteiger partial charge < -0.3 is 19.5 Å². The molecule has 2 N–H and O–H groups in total. The van der Waals surface area contributed by atoms with Crippen molar-refractivity contribution in [2.45, 2.75) is 0 Å². The minimum absolute atomic E-state index is 0.0740. The molecule has 0 spiro atoms. The van der Waals surface area contributed by atoms with Crippen LogP contribution in [-0.4, -0.2) is 73.6 Å². The Hall–Kier alpha value is -2.66. The number of H-pyrrole nitrogens is 1. The predicted octanol–water partition coefficient (Wildman–Crippen LogP) is 0.565. The summed E-state index contributed by atoms with van der Waals surface area (Å²) in [5.74, 6) is -1.29. The first kappa shape index (κ1) is 19.7. The number of aromatic nitrogens is 2. The number of ether oxygens (including phenoxy) is 3. The smallest absolute Gasteiger partial charge is 0.406 e. The van der Waals surface area contributed by atoms with Crippen molar-refractivity contribution in [3.05, 3.63) is 27.9 Å². The molecule has 1 aliphatic rings. The second-order valence-corrected chi connectivity index (χ2v) is 6.03. The van der Waals surface area contributed by atoms with Crippen LogP contribution < -0.4 is 5.32 Å². The van der Waals surface area contributed by atoms with Gasteiger partial charge in [-0.15, -0.1) is 11.8 Å². The molecule has 0 radical (unpaired) electrons. The summed E-state index contributed by atoms with van der Waals surface area (Å²) >= 11 is 1.13. The number of Topliss-reactive ketones (excluding diaryl/α,β-unsaturated/α-hetero) is 1. The number of ketones is 2. The second kappa shape index (κ2) is 9.15. The van der Waals surface area contributed by atoms with Crippen LogP contribution >= 0.6 is 11.8 Å². The molecule has 1 aliphatic carbocycles. The van der Waals surface area contributed by atoms with Crippen molar-refractivity contribution < 1.29 is 33.4 Å². The lowest BCUT2D eigenvalue weighted by atomic mass is 9.99. The van der Waals surface area contributed by atoms with E-state index in [0.29, 0.717) is 18.9 Å². The fraction of sp³-hybridized carbons (Fsp3) is 0.400. The fourth-order valence-electron chi connectivity index (χ4n) is 2.08. The van der Waals surface area contributed by atoms with Gasteiger partial charge in [0.2, 0.25) is 11.6 Å². The highest BCUT2D eigenvalue weighted by molar-refractivity contribution is 8.04. The number of carbonyl (C=O) groups excluding carboxylic acids is 4. The van der Waals surface area contributed by atoms with Gasteiger partial charge in [-0.25, -0.2) is 9.59 Å².